The molecule has 2 fully saturated rings. The number of nitrogens with two attached hydrogens (primary N) is 1. The number of carboxylic acid groups (broad SMARTS) is 2. The van der Waals surface area contributed by atoms with Crippen molar-refractivity contribution in [2.24, 2.45) is 0 Å². The molecule has 18 heteroatoms. The van der Waals surface area contributed by atoms with Gasteiger partial charge in [-0.15, -0.1) is 0 Å². The van der Waals surface area contributed by atoms with Crippen molar-refractivity contribution in [2.75, 3.05) is 12.3 Å². The number of nitrogen functional groups attached to an aromatic ring is 1. The fourth-order valence-corrected chi connectivity index (χ4v) is 5.79. The van der Waals surface area contributed by atoms with Crippen molar-refractivity contribution in [1.82, 2.24) is 41.4 Å². The summed E-state index contributed by atoms with van der Waals surface area (Å²) in [5, 5.41) is 42.5. The van der Waals surface area contributed by atoms with Crippen LogP contribution in [0.3, 0.4) is 0 Å². The molecule has 2 aromatic carbocycles. The van der Waals surface area contributed by atoms with E-state index in [0.717, 1.165) is 0 Å². The lowest BCUT2D eigenvalue weighted by molar-refractivity contribution is -0.184. The zero-order chi connectivity index (χ0) is 32.8. The van der Waals surface area contributed by atoms with E-state index in [0.29, 0.717) is 16.7 Å². The van der Waals surface area contributed by atoms with Gasteiger partial charge in [-0.25, -0.2) is 25.4 Å². The van der Waals surface area contributed by atoms with E-state index >= 15 is 0 Å². The third-order valence-electron chi connectivity index (χ3n) is 8.22. The van der Waals surface area contributed by atoms with E-state index in [1.54, 1.807) is 42.5 Å². The number of imidazole rings is 1. The Morgan fingerprint density at radius 3 is 2.50 bits per heavy atom. The molecule has 0 bridgehead atoms. The quantitative estimate of drug-likeness (QED) is 0.102. The second-order valence-corrected chi connectivity index (χ2v) is 11.4. The van der Waals surface area contributed by atoms with Gasteiger partial charge < -0.3 is 35.6 Å². The van der Waals surface area contributed by atoms with Crippen LogP contribution >= 0.6 is 11.6 Å². The molecule has 0 radical (unpaired) electrons. The molecule has 4 heterocycles. The van der Waals surface area contributed by atoms with E-state index in [1.165, 1.54) is 23.9 Å². The molecule has 0 spiro atoms. The predicted molar refractivity (Wildman–Crippen MR) is 160 cm³/mol. The molecule has 1 unspecified atom stereocenters. The maximum Gasteiger partial charge on any atom is 0.339 e. The maximum absolute atomic E-state index is 13.0. The molecule has 46 heavy (non-hydrogen) atoms. The summed E-state index contributed by atoms with van der Waals surface area (Å²) in [5.74, 6) is -2.41. The van der Waals surface area contributed by atoms with Gasteiger partial charge in [0.25, 0.3) is 0 Å². The summed E-state index contributed by atoms with van der Waals surface area (Å²) < 4.78 is 13.5. The third kappa shape index (κ3) is 5.53. The number of aliphatic hydroxyl groups is 2. The smallest absolute Gasteiger partial charge is 0.339 e. The van der Waals surface area contributed by atoms with Gasteiger partial charge in [-0.3, -0.25) is 4.57 Å². The highest BCUT2D eigenvalue weighted by atomic mass is 35.5. The predicted octanol–water partition coefficient (Wildman–Crippen LogP) is -0.0378. The van der Waals surface area contributed by atoms with Gasteiger partial charge >= 0.3 is 11.9 Å². The Bertz CT molecular complexity index is 1780. The minimum atomic E-state index is -2.00. The van der Waals surface area contributed by atoms with Crippen LogP contribution in [0.15, 0.2) is 54.9 Å². The van der Waals surface area contributed by atoms with Gasteiger partial charge in [0.2, 0.25) is 5.28 Å². The summed E-state index contributed by atoms with van der Waals surface area (Å²) >= 11 is 5.98. The van der Waals surface area contributed by atoms with Crippen LogP contribution in [0.4, 0.5) is 5.82 Å². The summed E-state index contributed by atoms with van der Waals surface area (Å²) in [6.07, 6.45) is -3.88. The number of nitrogens with one attached hydrogen (secondary N) is 4. The molecule has 242 valence electrons. The van der Waals surface area contributed by atoms with Crippen molar-refractivity contribution >= 4 is 40.5 Å². The number of fused-ring (bicyclic) bond motifs is 1. The molecule has 0 amide bonds. The first-order valence-corrected chi connectivity index (χ1v) is 14.3. The highest BCUT2D eigenvalue weighted by Gasteiger charge is 2.56. The number of carbonyl (C=O) groups is 2. The lowest BCUT2D eigenvalue weighted by Gasteiger charge is -2.36. The first kappa shape index (κ1) is 31.7. The van der Waals surface area contributed by atoms with Gasteiger partial charge in [-0.05, 0) is 41.3 Å². The molecule has 0 saturated carbocycles. The van der Waals surface area contributed by atoms with Crippen molar-refractivity contribution in [3.63, 3.8) is 0 Å². The molecule has 10 N–H and O–H groups in total. The number of anilines is 1. The van der Waals surface area contributed by atoms with Crippen molar-refractivity contribution < 1.29 is 39.5 Å². The molecule has 2 saturated heterocycles. The zero-order valence-corrected chi connectivity index (χ0v) is 24.8. The number of rotatable bonds is 10. The second-order valence-electron chi connectivity index (χ2n) is 11.1. The minimum Gasteiger partial charge on any atom is -0.479 e. The summed E-state index contributed by atoms with van der Waals surface area (Å²) in [5.41, 5.74) is 14.9. The van der Waals surface area contributed by atoms with Crippen LogP contribution in [0.1, 0.15) is 29.1 Å². The number of ether oxygens (including phenoxy) is 2. The van der Waals surface area contributed by atoms with Gasteiger partial charge in [0, 0.05) is 6.42 Å². The Morgan fingerprint density at radius 2 is 1.83 bits per heavy atom. The molecular formula is C28H30ClN9O8. The van der Waals surface area contributed by atoms with Crippen LogP contribution in [-0.4, -0.2) is 88.1 Å². The van der Waals surface area contributed by atoms with Gasteiger partial charge in [-0.2, -0.15) is 21.0 Å². The van der Waals surface area contributed by atoms with E-state index in [-0.39, 0.29) is 34.2 Å². The molecule has 2 aliphatic rings. The zero-order valence-electron chi connectivity index (χ0n) is 24.1. The molecule has 6 rings (SSSR count). The number of hydrogen-bond acceptors (Lipinski definition) is 14. The SMILES string of the molecule is C[C@@]1(O)[C@@H](COC(Cc2ccc(-c3ccccc3C(=O)O)cc2)(C(=O)O)C2NNNN2)O[C@@H](n2cnc3c(N)nc(Cl)nc32)[C@@H]1O. The first-order valence-electron chi connectivity index (χ1n) is 13.9. The summed E-state index contributed by atoms with van der Waals surface area (Å²) in [7, 11) is 0. The fourth-order valence-electron chi connectivity index (χ4n) is 5.62. The van der Waals surface area contributed by atoms with Crippen LogP contribution < -0.4 is 27.7 Å². The van der Waals surface area contributed by atoms with Gasteiger partial charge in [0.1, 0.15) is 29.5 Å². The molecule has 4 aromatic rings. The van der Waals surface area contributed by atoms with Crippen molar-refractivity contribution in [2.45, 2.75) is 49.1 Å². The number of hydrazine groups is 3. The normalized spacial score (nSPS) is 24.7. The summed E-state index contributed by atoms with van der Waals surface area (Å²) in [6.45, 7) is 0.869. The summed E-state index contributed by atoms with van der Waals surface area (Å²) in [4.78, 5) is 36.9. The number of aromatic nitrogens is 4. The van der Waals surface area contributed by atoms with E-state index in [4.69, 9.17) is 26.8 Å². The number of aromatic carboxylic acids is 1. The molecule has 2 aliphatic heterocycles. The highest BCUT2D eigenvalue weighted by molar-refractivity contribution is 6.28. The number of benzene rings is 2. The minimum absolute atomic E-state index is 0.0111. The Kier molecular flexibility index (Phi) is 8.36. The standard InChI is InChI=1S/C28H30ClN9O8/c1-27(44)17(46-22(19(27)39)38-12-31-18-20(30)32-26(29)33-21(18)38)11-45-28(25(42)43,24-34-36-37-35-24)10-13-6-8-14(9-7-13)15-4-2-3-5-16(15)23(40)41/h2-9,12,17,19,22,24,34-37,39,44H,10-11H2,1H3,(H,40,41)(H,42,43)(H2,30,32,33)/t17-,19+,22-,27-,28?/m1/s1. The van der Waals surface area contributed by atoms with Crippen LogP contribution in [0.2, 0.25) is 5.28 Å². The lowest BCUT2D eigenvalue weighted by atomic mass is 9.89. The van der Waals surface area contributed by atoms with Gasteiger partial charge in [-0.1, -0.05) is 42.5 Å². The largest absolute Gasteiger partial charge is 0.479 e. The van der Waals surface area contributed by atoms with Crippen molar-refractivity contribution in [3.05, 3.63) is 71.3 Å². The van der Waals surface area contributed by atoms with Crippen LogP contribution in [-0.2, 0) is 20.7 Å². The van der Waals surface area contributed by atoms with E-state index in [2.05, 4.69) is 36.9 Å². The van der Waals surface area contributed by atoms with Gasteiger partial charge in [0.05, 0.1) is 18.5 Å². The number of aliphatic hydroxyl groups excluding tert-OH is 1. The third-order valence-corrected chi connectivity index (χ3v) is 8.39. The average molecular weight is 656 g/mol. The number of halogens is 1. The van der Waals surface area contributed by atoms with E-state index < -0.39 is 54.3 Å². The first-order chi connectivity index (χ1) is 21.9. The Morgan fingerprint density at radius 1 is 1.13 bits per heavy atom. The van der Waals surface area contributed by atoms with Crippen LogP contribution in [0.25, 0.3) is 22.3 Å². The van der Waals surface area contributed by atoms with Crippen LogP contribution in [0.5, 0.6) is 0 Å². The van der Waals surface area contributed by atoms with E-state index in [9.17, 15) is 30.0 Å². The molecule has 2 aromatic heterocycles. The Balaban J connectivity index is 1.27. The van der Waals surface area contributed by atoms with Gasteiger partial charge in [0.15, 0.2) is 23.3 Å². The lowest BCUT2D eigenvalue weighted by Crippen LogP contribution is -2.63. The maximum atomic E-state index is 13.0. The van der Waals surface area contributed by atoms with Crippen LogP contribution in [0, 0.1) is 0 Å². The molecular weight excluding hydrogens is 626 g/mol. The number of aliphatic carboxylic acids is 1. The molecule has 0 aliphatic carbocycles. The fraction of sp³-hybridized carbons (Fsp3) is 0.321. The Labute approximate surface area is 265 Å². The molecule has 5 atom stereocenters. The average Bonchev–Trinajstić information content (AvgIpc) is 3.76. The van der Waals surface area contributed by atoms with Crippen molar-refractivity contribution in [1.29, 1.82) is 0 Å². The second kappa shape index (κ2) is 12.1. The molecule has 17 nitrogen and oxygen atoms in total. The Hall–Kier alpha value is -4.30. The highest BCUT2D eigenvalue weighted by Crippen LogP contribution is 2.40. The number of carboxylic acids is 2. The van der Waals surface area contributed by atoms with E-state index in [1.807, 2.05) is 0 Å². The topological polar surface area (TPSA) is 251 Å². The number of hydrogen-bond donors (Lipinski definition) is 9. The number of nitrogens with zero attached hydrogens (tertiary/aromatic N) is 4. The van der Waals surface area contributed by atoms with Crippen molar-refractivity contribution in [3.8, 4) is 11.1 Å². The monoisotopic (exact) mass is 655 g/mol. The summed E-state index contributed by atoms with van der Waals surface area (Å²) in [6, 6.07) is 13.3.